The number of imidazole rings is 1. The van der Waals surface area contributed by atoms with Crippen LogP contribution in [0.2, 0.25) is 0 Å². The van der Waals surface area contributed by atoms with Crippen LogP contribution in [0.25, 0.3) is 33.7 Å². The van der Waals surface area contributed by atoms with Gasteiger partial charge in [0.15, 0.2) is 5.82 Å². The molecule has 0 radical (unpaired) electrons. The van der Waals surface area contributed by atoms with Crippen molar-refractivity contribution in [1.82, 2.24) is 19.7 Å². The van der Waals surface area contributed by atoms with Gasteiger partial charge in [-0.25, -0.2) is 4.98 Å². The topological polar surface area (TPSA) is 46.5 Å². The van der Waals surface area contributed by atoms with E-state index in [4.69, 9.17) is 10.1 Å². The summed E-state index contributed by atoms with van der Waals surface area (Å²) in [5.41, 5.74) is 4.71. The molecule has 1 aliphatic rings. The van der Waals surface area contributed by atoms with Gasteiger partial charge < -0.3 is 4.98 Å². The summed E-state index contributed by atoms with van der Waals surface area (Å²) < 4.78 is 42.3. The molecule has 8 heteroatoms. The van der Waals surface area contributed by atoms with Gasteiger partial charge in [-0.1, -0.05) is 38.1 Å². The first-order chi connectivity index (χ1) is 14.6. The van der Waals surface area contributed by atoms with Crippen molar-refractivity contribution in [3.05, 3.63) is 59.3 Å². The second-order valence-corrected chi connectivity index (χ2v) is 8.90. The third-order valence-electron chi connectivity index (χ3n) is 6.27. The number of hydrogen-bond donors (Lipinski definition) is 1. The van der Waals surface area contributed by atoms with E-state index in [2.05, 4.69) is 18.8 Å². The third kappa shape index (κ3) is 3.80. The van der Waals surface area contributed by atoms with Crippen molar-refractivity contribution in [2.75, 3.05) is 0 Å². The predicted molar refractivity (Wildman–Crippen MR) is 122 cm³/mol. The Hall–Kier alpha value is -2.09. The molecule has 0 fully saturated rings. The van der Waals surface area contributed by atoms with E-state index in [1.165, 1.54) is 17.7 Å². The zero-order valence-corrected chi connectivity index (χ0v) is 17.6. The number of alkyl halides is 3. The van der Waals surface area contributed by atoms with Crippen LogP contribution in [0.5, 0.6) is 0 Å². The molecule has 162 valence electrons. The predicted octanol–water partition coefficient (Wildman–Crippen LogP) is 5.61. The number of H-pyrrole nitrogens is 1. The molecule has 1 aliphatic carbocycles. The molecular weight excluding hydrogens is 424 g/mol. The monoisotopic (exact) mass is 448 g/mol. The fourth-order valence-corrected chi connectivity index (χ4v) is 4.74. The van der Waals surface area contributed by atoms with E-state index >= 15 is 0 Å². The molecule has 0 amide bonds. The van der Waals surface area contributed by atoms with E-state index < -0.39 is 11.7 Å². The van der Waals surface area contributed by atoms with Gasteiger partial charge in [-0.3, -0.25) is 4.68 Å². The summed E-state index contributed by atoms with van der Waals surface area (Å²) in [7, 11) is 1.92. The van der Waals surface area contributed by atoms with Crippen LogP contribution in [0.4, 0.5) is 13.2 Å². The number of halogens is 3. The molecule has 0 saturated carbocycles. The number of fused-ring (bicyclic) bond motifs is 2. The SMILES string of the molecule is Cn1nc2c(c1-c1nc3cc(-c4ccccc4C(F)(F)F)ccc3[nH]1)CCCC2(C)C.[NaH]. The van der Waals surface area contributed by atoms with Crippen molar-refractivity contribution in [3.63, 3.8) is 0 Å². The summed E-state index contributed by atoms with van der Waals surface area (Å²) >= 11 is 0. The second-order valence-electron chi connectivity index (χ2n) is 8.90. The van der Waals surface area contributed by atoms with E-state index in [-0.39, 0.29) is 40.5 Å². The van der Waals surface area contributed by atoms with Crippen LogP contribution in [0.15, 0.2) is 42.5 Å². The molecule has 32 heavy (non-hydrogen) atoms. The molecule has 0 spiro atoms. The van der Waals surface area contributed by atoms with E-state index in [0.717, 1.165) is 42.2 Å². The summed E-state index contributed by atoms with van der Waals surface area (Å²) in [6.07, 6.45) is -1.28. The van der Waals surface area contributed by atoms with Crippen molar-refractivity contribution in [2.45, 2.75) is 44.7 Å². The minimum atomic E-state index is -4.41. The van der Waals surface area contributed by atoms with Gasteiger partial charge in [-0.2, -0.15) is 18.3 Å². The number of nitrogens with one attached hydrogen (secondary N) is 1. The fourth-order valence-electron chi connectivity index (χ4n) is 4.74. The Bertz CT molecular complexity index is 1300. The summed E-state index contributed by atoms with van der Waals surface area (Å²) in [5.74, 6) is 0.699. The molecule has 0 bridgehead atoms. The Morgan fingerprint density at radius 1 is 1.09 bits per heavy atom. The summed E-state index contributed by atoms with van der Waals surface area (Å²) in [6, 6.07) is 10.8. The third-order valence-corrected chi connectivity index (χ3v) is 6.27. The first kappa shape index (κ1) is 23.1. The Balaban J connectivity index is 0.00000245. The van der Waals surface area contributed by atoms with Crippen molar-refractivity contribution in [2.24, 2.45) is 7.05 Å². The van der Waals surface area contributed by atoms with Gasteiger partial charge in [0.2, 0.25) is 0 Å². The van der Waals surface area contributed by atoms with Gasteiger partial charge in [-0.15, -0.1) is 0 Å². The van der Waals surface area contributed by atoms with Gasteiger partial charge in [0.25, 0.3) is 0 Å². The van der Waals surface area contributed by atoms with Gasteiger partial charge >= 0.3 is 35.7 Å². The molecule has 2 heterocycles. The average Bonchev–Trinajstić information content (AvgIpc) is 3.27. The van der Waals surface area contributed by atoms with Crippen molar-refractivity contribution >= 4 is 40.6 Å². The first-order valence-corrected chi connectivity index (χ1v) is 10.4. The van der Waals surface area contributed by atoms with Gasteiger partial charge in [0.1, 0.15) is 5.69 Å². The zero-order chi connectivity index (χ0) is 22.0. The van der Waals surface area contributed by atoms with Gasteiger partial charge in [0, 0.05) is 18.0 Å². The number of rotatable bonds is 2. The molecule has 2 aromatic carbocycles. The van der Waals surface area contributed by atoms with Crippen molar-refractivity contribution in [3.8, 4) is 22.6 Å². The fraction of sp³-hybridized carbons (Fsp3) is 0.333. The van der Waals surface area contributed by atoms with Crippen LogP contribution in [0, 0.1) is 0 Å². The van der Waals surface area contributed by atoms with E-state index in [9.17, 15) is 13.2 Å². The number of benzene rings is 2. The summed E-state index contributed by atoms with van der Waals surface area (Å²) in [4.78, 5) is 8.10. The number of aromatic nitrogens is 4. The van der Waals surface area contributed by atoms with Crippen LogP contribution in [-0.4, -0.2) is 49.3 Å². The van der Waals surface area contributed by atoms with Crippen LogP contribution in [0.3, 0.4) is 0 Å². The molecule has 0 saturated heterocycles. The molecule has 0 aliphatic heterocycles. The molecule has 4 nitrogen and oxygen atoms in total. The quantitative estimate of drug-likeness (QED) is 0.405. The molecule has 4 aromatic rings. The van der Waals surface area contributed by atoms with Gasteiger partial charge in [-0.05, 0) is 48.6 Å². The first-order valence-electron chi connectivity index (χ1n) is 10.4. The molecule has 5 rings (SSSR count). The van der Waals surface area contributed by atoms with E-state index in [1.807, 2.05) is 11.7 Å². The standard InChI is InChI=1S/C24H23F3N4.Na.H/c1-23(2)12-6-8-16-20(31(3)30-21(16)23)22-28-18-11-10-14(13-19(18)29-22)15-7-4-5-9-17(15)24(25,26)27;;/h4-5,7,9-11,13H,6,8,12H2,1-3H3,(H,28,29);;. The normalized spacial score (nSPS) is 15.4. The van der Waals surface area contributed by atoms with Crippen LogP contribution < -0.4 is 0 Å². The van der Waals surface area contributed by atoms with Crippen LogP contribution in [-0.2, 0) is 25.1 Å². The zero-order valence-electron chi connectivity index (χ0n) is 17.6. The Kier molecular flexibility index (Phi) is 5.80. The number of aryl methyl sites for hydroxylation is 1. The average molecular weight is 448 g/mol. The molecule has 1 N–H and O–H groups in total. The number of hydrogen-bond acceptors (Lipinski definition) is 2. The Labute approximate surface area is 206 Å². The molecule has 0 unspecified atom stereocenters. The molecule has 0 atom stereocenters. The van der Waals surface area contributed by atoms with E-state index in [1.54, 1.807) is 24.3 Å². The summed E-state index contributed by atoms with van der Waals surface area (Å²) in [6.45, 7) is 4.43. The van der Waals surface area contributed by atoms with Gasteiger partial charge in [0.05, 0.1) is 22.3 Å². The number of aromatic amines is 1. The maximum atomic E-state index is 13.5. The van der Waals surface area contributed by atoms with Crippen LogP contribution >= 0.6 is 0 Å². The molecular formula is C24H24F3N4Na. The summed E-state index contributed by atoms with van der Waals surface area (Å²) in [5, 5.41) is 4.79. The van der Waals surface area contributed by atoms with Crippen molar-refractivity contribution in [1.29, 1.82) is 0 Å². The van der Waals surface area contributed by atoms with Crippen molar-refractivity contribution < 1.29 is 13.2 Å². The second kappa shape index (κ2) is 8.04. The van der Waals surface area contributed by atoms with Crippen LogP contribution in [0.1, 0.15) is 43.5 Å². The molecule has 2 aromatic heterocycles. The minimum absolute atomic E-state index is 0. The van der Waals surface area contributed by atoms with E-state index in [0.29, 0.717) is 16.9 Å². The Morgan fingerprint density at radius 3 is 2.59 bits per heavy atom. The maximum absolute atomic E-state index is 13.5. The number of nitrogens with zero attached hydrogens (tertiary/aromatic N) is 3. The Morgan fingerprint density at radius 2 is 1.84 bits per heavy atom.